The number of imidazole rings is 1. The van der Waals surface area contributed by atoms with Crippen molar-refractivity contribution in [2.24, 2.45) is 0 Å². The second-order valence-corrected chi connectivity index (χ2v) is 8.10. The molecule has 136 valence electrons. The number of benzene rings is 1. The summed E-state index contributed by atoms with van der Waals surface area (Å²) in [6.07, 6.45) is 10.6. The van der Waals surface area contributed by atoms with E-state index in [2.05, 4.69) is 52.0 Å². The van der Waals surface area contributed by atoms with Gasteiger partial charge in [-0.2, -0.15) is 0 Å². The van der Waals surface area contributed by atoms with Crippen molar-refractivity contribution >= 4 is 17.1 Å². The third-order valence-corrected chi connectivity index (χ3v) is 6.57. The molecule has 6 rings (SSSR count). The van der Waals surface area contributed by atoms with Crippen LogP contribution in [0.15, 0.2) is 36.4 Å². The van der Waals surface area contributed by atoms with Gasteiger partial charge in [0.25, 0.3) is 0 Å². The molecule has 3 heterocycles. The van der Waals surface area contributed by atoms with Gasteiger partial charge in [-0.05, 0) is 49.1 Å². The fourth-order valence-corrected chi connectivity index (χ4v) is 4.76. The Bertz CT molecular complexity index is 1060. The van der Waals surface area contributed by atoms with Gasteiger partial charge in [-0.15, -0.1) is 0 Å². The molecule has 1 aliphatic heterocycles. The van der Waals surface area contributed by atoms with E-state index in [1.54, 1.807) is 0 Å². The van der Waals surface area contributed by atoms with E-state index in [9.17, 15) is 0 Å². The number of rotatable bonds is 2. The van der Waals surface area contributed by atoms with Crippen molar-refractivity contribution < 1.29 is 0 Å². The van der Waals surface area contributed by atoms with Crippen LogP contribution in [0, 0.1) is 0 Å². The topological polar surface area (TPSA) is 34.0 Å². The summed E-state index contributed by atoms with van der Waals surface area (Å²) < 4.78 is 2.44. The molecule has 1 aromatic carbocycles. The molecular formula is C23H24N4. The van der Waals surface area contributed by atoms with Crippen LogP contribution in [0.5, 0.6) is 0 Å². The molecule has 0 saturated heterocycles. The molecule has 1 saturated carbocycles. The van der Waals surface area contributed by atoms with Gasteiger partial charge in [-0.25, -0.2) is 9.97 Å². The maximum Gasteiger partial charge on any atom is 0.111 e. The van der Waals surface area contributed by atoms with Crippen LogP contribution in [0.4, 0.5) is 0 Å². The summed E-state index contributed by atoms with van der Waals surface area (Å²) in [6, 6.07) is 11.8. The van der Waals surface area contributed by atoms with E-state index < -0.39 is 0 Å². The van der Waals surface area contributed by atoms with Gasteiger partial charge in [0.2, 0.25) is 0 Å². The largest absolute Gasteiger partial charge is 0.327 e. The van der Waals surface area contributed by atoms with Crippen molar-refractivity contribution in [3.63, 3.8) is 0 Å². The molecule has 1 fully saturated rings. The predicted octanol–water partition coefficient (Wildman–Crippen LogP) is 4.08. The molecular weight excluding hydrogens is 332 g/mol. The Balaban J connectivity index is 1.33. The zero-order valence-corrected chi connectivity index (χ0v) is 15.6. The molecule has 3 aliphatic rings. The molecule has 2 aromatic heterocycles. The number of allylic oxidation sites excluding steroid dienone is 1. The molecule has 0 unspecified atom stereocenters. The van der Waals surface area contributed by atoms with E-state index in [4.69, 9.17) is 9.97 Å². The smallest absolute Gasteiger partial charge is 0.111 e. The van der Waals surface area contributed by atoms with E-state index in [0.717, 1.165) is 61.0 Å². The highest BCUT2D eigenvalue weighted by atomic mass is 15.2. The third kappa shape index (κ3) is 2.54. The van der Waals surface area contributed by atoms with Crippen LogP contribution >= 0.6 is 0 Å². The molecule has 0 N–H and O–H groups in total. The summed E-state index contributed by atoms with van der Waals surface area (Å²) in [6.45, 7) is 3.37. The first-order chi connectivity index (χ1) is 13.3. The van der Waals surface area contributed by atoms with E-state index in [0.29, 0.717) is 0 Å². The second kappa shape index (κ2) is 6.03. The summed E-state index contributed by atoms with van der Waals surface area (Å²) in [7, 11) is 0. The van der Waals surface area contributed by atoms with Crippen LogP contribution in [-0.4, -0.2) is 38.6 Å². The first-order valence-electron chi connectivity index (χ1n) is 10.3. The van der Waals surface area contributed by atoms with Crippen LogP contribution in [0.3, 0.4) is 0 Å². The zero-order valence-electron chi connectivity index (χ0n) is 15.6. The Hall–Kier alpha value is -2.46. The average molecular weight is 356 g/mol. The van der Waals surface area contributed by atoms with Crippen LogP contribution < -0.4 is 0 Å². The summed E-state index contributed by atoms with van der Waals surface area (Å²) in [5.41, 5.74) is 7.02. The summed E-state index contributed by atoms with van der Waals surface area (Å²) >= 11 is 0. The predicted molar refractivity (Wildman–Crippen MR) is 109 cm³/mol. The standard InChI is InChI=1S/C23H24N4/c1-3-16-7-9-20(24-19(16)6-1)17-8-10-22-21(15-17)25-23-11-12-26(13-14-27(22)23)18-4-2-5-18/h1,6-10,15,18H,2-5,11-14H2. The monoisotopic (exact) mass is 356 g/mol. The lowest BCUT2D eigenvalue weighted by Gasteiger charge is -2.36. The molecule has 3 aromatic rings. The highest BCUT2D eigenvalue weighted by Gasteiger charge is 2.27. The summed E-state index contributed by atoms with van der Waals surface area (Å²) in [5, 5.41) is 0. The maximum atomic E-state index is 5.00. The Kier molecular flexibility index (Phi) is 3.48. The van der Waals surface area contributed by atoms with Crippen LogP contribution in [0.1, 0.15) is 36.3 Å². The van der Waals surface area contributed by atoms with Crippen molar-refractivity contribution in [3.8, 4) is 11.3 Å². The molecule has 0 radical (unpaired) electrons. The molecule has 0 spiro atoms. The zero-order chi connectivity index (χ0) is 17.8. The van der Waals surface area contributed by atoms with Crippen molar-refractivity contribution in [3.05, 3.63) is 53.5 Å². The van der Waals surface area contributed by atoms with Crippen LogP contribution in [0.25, 0.3) is 28.4 Å². The lowest BCUT2D eigenvalue weighted by molar-refractivity contribution is 0.130. The SMILES string of the molecule is C1=Cc2nc(-c3ccc4c(c3)nc3n4CCN(C4CCC4)CC3)ccc2C1. The molecule has 4 nitrogen and oxygen atoms in total. The molecule has 27 heavy (non-hydrogen) atoms. The second-order valence-electron chi connectivity index (χ2n) is 8.10. The average Bonchev–Trinajstić information content (AvgIpc) is 3.20. The number of hydrogen-bond acceptors (Lipinski definition) is 3. The number of aromatic nitrogens is 3. The molecule has 4 heteroatoms. The van der Waals surface area contributed by atoms with Crippen LogP contribution in [0.2, 0.25) is 0 Å². The van der Waals surface area contributed by atoms with Gasteiger partial charge in [-0.3, -0.25) is 4.90 Å². The minimum Gasteiger partial charge on any atom is -0.327 e. The minimum atomic E-state index is 0.826. The fourth-order valence-electron chi connectivity index (χ4n) is 4.76. The summed E-state index contributed by atoms with van der Waals surface area (Å²) in [5.74, 6) is 1.24. The number of pyridine rings is 1. The Morgan fingerprint density at radius 2 is 1.93 bits per heavy atom. The van der Waals surface area contributed by atoms with Crippen molar-refractivity contribution in [1.82, 2.24) is 19.4 Å². The van der Waals surface area contributed by atoms with Crippen LogP contribution in [-0.2, 0) is 19.4 Å². The first kappa shape index (κ1) is 15.6. The summed E-state index contributed by atoms with van der Waals surface area (Å²) in [4.78, 5) is 12.5. The van der Waals surface area contributed by atoms with E-state index in [1.165, 1.54) is 36.2 Å². The van der Waals surface area contributed by atoms with E-state index in [1.807, 2.05) is 0 Å². The quantitative estimate of drug-likeness (QED) is 0.694. The number of fused-ring (bicyclic) bond motifs is 4. The Morgan fingerprint density at radius 1 is 0.963 bits per heavy atom. The molecule has 0 amide bonds. The van der Waals surface area contributed by atoms with Gasteiger partial charge in [0.15, 0.2) is 0 Å². The lowest BCUT2D eigenvalue weighted by atomic mass is 9.91. The lowest BCUT2D eigenvalue weighted by Crippen LogP contribution is -2.41. The molecule has 0 atom stereocenters. The highest BCUT2D eigenvalue weighted by molar-refractivity contribution is 5.82. The third-order valence-electron chi connectivity index (χ3n) is 6.57. The minimum absolute atomic E-state index is 0.826. The maximum absolute atomic E-state index is 5.00. The van der Waals surface area contributed by atoms with E-state index >= 15 is 0 Å². The Labute approximate surface area is 159 Å². The molecule has 0 bridgehead atoms. The van der Waals surface area contributed by atoms with Gasteiger partial charge in [0, 0.05) is 37.7 Å². The van der Waals surface area contributed by atoms with Crippen molar-refractivity contribution in [2.45, 2.75) is 44.7 Å². The van der Waals surface area contributed by atoms with Gasteiger partial charge in [0.1, 0.15) is 5.82 Å². The first-order valence-corrected chi connectivity index (χ1v) is 10.3. The van der Waals surface area contributed by atoms with Gasteiger partial charge >= 0.3 is 0 Å². The molecule has 2 aliphatic carbocycles. The highest BCUT2D eigenvalue weighted by Crippen LogP contribution is 2.29. The fraction of sp³-hybridized carbons (Fsp3) is 0.391. The Morgan fingerprint density at radius 3 is 2.81 bits per heavy atom. The van der Waals surface area contributed by atoms with Crippen molar-refractivity contribution in [2.75, 3.05) is 13.1 Å². The number of hydrogen-bond donors (Lipinski definition) is 0. The van der Waals surface area contributed by atoms with Gasteiger partial charge in [0.05, 0.1) is 22.4 Å². The van der Waals surface area contributed by atoms with E-state index in [-0.39, 0.29) is 0 Å². The van der Waals surface area contributed by atoms with Gasteiger partial charge < -0.3 is 4.57 Å². The van der Waals surface area contributed by atoms with Gasteiger partial charge in [-0.1, -0.05) is 24.6 Å². The number of nitrogens with zero attached hydrogens (tertiary/aromatic N) is 4. The van der Waals surface area contributed by atoms with Crippen molar-refractivity contribution in [1.29, 1.82) is 0 Å². The normalized spacial score (nSPS) is 19.7.